The van der Waals surface area contributed by atoms with Gasteiger partial charge in [-0.1, -0.05) is 0 Å². The predicted octanol–water partition coefficient (Wildman–Crippen LogP) is -2.15. The Kier molecular flexibility index (Phi) is 6.03. The van der Waals surface area contributed by atoms with Gasteiger partial charge in [0, 0.05) is 0 Å². The molecule has 0 saturated carbocycles. The van der Waals surface area contributed by atoms with E-state index < -0.39 is 21.8 Å². The van der Waals surface area contributed by atoms with Crippen molar-refractivity contribution in [3.8, 4) is 0 Å². The maximum Gasteiger partial charge on any atom is 1.00 e. The Hall–Kier alpha value is 1.27. The molecule has 9 heteroatoms. The third-order valence-corrected chi connectivity index (χ3v) is 1.31. The smallest absolute Gasteiger partial charge is 1.00 e. The van der Waals surface area contributed by atoms with Gasteiger partial charge in [-0.3, -0.25) is 4.55 Å². The maximum atomic E-state index is 11.5. The quantitative estimate of drug-likeness (QED) is 0.312. The first-order chi connectivity index (χ1) is 4.15. The Bertz CT molecular complexity index is 213. The van der Waals surface area contributed by atoms with Crippen LogP contribution in [-0.2, 0) is 10.1 Å². The van der Waals surface area contributed by atoms with Gasteiger partial charge < -0.3 is 1.43 Å². The summed E-state index contributed by atoms with van der Waals surface area (Å²) in [7, 11) is -5.65. The van der Waals surface area contributed by atoms with Gasteiger partial charge >= 0.3 is 73.2 Å². The summed E-state index contributed by atoms with van der Waals surface area (Å²) in [5, 5.41) is 0. The predicted molar refractivity (Wildman–Crippen MR) is 23.6 cm³/mol. The minimum Gasteiger partial charge on any atom is -1.00 e. The number of halogens is 4. The molecular weight excluding hydrogens is 219 g/mol. The molecule has 1 N–H and O–H groups in total. The first kappa shape index (κ1) is 14.8. The van der Waals surface area contributed by atoms with Gasteiger partial charge in [0.05, 0.1) is 0 Å². The summed E-state index contributed by atoms with van der Waals surface area (Å²) in [4.78, 5) is 0. The van der Waals surface area contributed by atoms with Crippen molar-refractivity contribution in [2.45, 2.75) is 11.7 Å². The molecule has 1 unspecified atom stereocenters. The van der Waals surface area contributed by atoms with E-state index in [4.69, 9.17) is 4.55 Å². The Labute approximate surface area is 104 Å². The van der Waals surface area contributed by atoms with E-state index >= 15 is 0 Å². The second kappa shape index (κ2) is 4.49. The van der Waals surface area contributed by atoms with Gasteiger partial charge in [0.1, 0.15) is 0 Å². The molecule has 0 heterocycles. The summed E-state index contributed by atoms with van der Waals surface area (Å²) in [5.74, 6) is 0. The van der Waals surface area contributed by atoms with Crippen LogP contribution in [0.1, 0.15) is 1.43 Å². The molecule has 0 spiro atoms. The van der Waals surface area contributed by atoms with E-state index in [-0.39, 0.29) is 52.8 Å². The minimum absolute atomic E-state index is 0. The van der Waals surface area contributed by atoms with Gasteiger partial charge in [-0.05, 0) is 0 Å². The van der Waals surface area contributed by atoms with Gasteiger partial charge in [0.15, 0.2) is 0 Å². The van der Waals surface area contributed by atoms with Crippen LogP contribution in [0.2, 0.25) is 0 Å². The van der Waals surface area contributed by atoms with Crippen molar-refractivity contribution in [3.63, 3.8) is 0 Å². The normalized spacial score (nSPS) is 15.4. The number of hydrogen-bond donors (Lipinski definition) is 1. The van der Waals surface area contributed by atoms with E-state index in [0.29, 0.717) is 0 Å². The molecule has 0 aromatic rings. The second-order valence-electron chi connectivity index (χ2n) is 1.37. The first-order valence-electron chi connectivity index (χ1n) is 1.83. The Balaban J connectivity index is -0.000000405. The van der Waals surface area contributed by atoms with Crippen molar-refractivity contribution in [1.82, 2.24) is 0 Å². The fourth-order valence-electron chi connectivity index (χ4n) is 0.169. The summed E-state index contributed by atoms with van der Waals surface area (Å²) in [6.45, 7) is 0. The molecule has 11 heavy (non-hydrogen) atoms. The van der Waals surface area contributed by atoms with Crippen molar-refractivity contribution < 1.29 is 83.3 Å². The van der Waals surface area contributed by atoms with Crippen LogP contribution in [0.5, 0.6) is 0 Å². The van der Waals surface area contributed by atoms with Crippen molar-refractivity contribution in [1.29, 1.82) is 0 Å². The summed E-state index contributed by atoms with van der Waals surface area (Å²) >= 11 is 0. The van der Waals surface area contributed by atoms with E-state index in [2.05, 4.69) is 0 Å². The molecule has 0 aromatic heterocycles. The van der Waals surface area contributed by atoms with Crippen molar-refractivity contribution >= 4 is 10.1 Å². The van der Waals surface area contributed by atoms with E-state index in [1.165, 1.54) is 0 Å². The third kappa shape index (κ3) is 5.50. The Morgan fingerprint density at radius 2 is 1.64 bits per heavy atom. The monoisotopic (exact) mass is 222 g/mol. The molecule has 0 fully saturated rings. The number of alkyl halides is 4. The largest absolute Gasteiger partial charge is 1.00 e. The van der Waals surface area contributed by atoms with Gasteiger partial charge in [-0.15, -0.1) is 0 Å². The van der Waals surface area contributed by atoms with Crippen molar-refractivity contribution in [3.05, 3.63) is 0 Å². The molecule has 0 radical (unpaired) electrons. The molecule has 64 valence electrons. The fraction of sp³-hybridized carbons (Fsp3) is 1.00. The van der Waals surface area contributed by atoms with Crippen LogP contribution in [0.4, 0.5) is 17.6 Å². The fourth-order valence-corrected chi connectivity index (χ4v) is 0.507. The van der Waals surface area contributed by atoms with Gasteiger partial charge in [-0.2, -0.15) is 21.6 Å². The maximum absolute atomic E-state index is 11.5. The Morgan fingerprint density at radius 1 is 1.36 bits per heavy atom. The average molecular weight is 222 g/mol. The molecule has 0 aliphatic carbocycles. The molecule has 0 saturated heterocycles. The number of rotatable bonds is 1. The third-order valence-electron chi connectivity index (χ3n) is 0.519. The van der Waals surface area contributed by atoms with E-state index in [9.17, 15) is 26.0 Å². The molecule has 0 aliphatic rings. The van der Waals surface area contributed by atoms with Crippen LogP contribution in [-0.4, -0.2) is 24.7 Å². The molecule has 0 amide bonds. The van der Waals surface area contributed by atoms with Gasteiger partial charge in [0.25, 0.3) is 0 Å². The molecule has 0 bridgehead atoms. The molecule has 0 aromatic carbocycles. The zero-order valence-electron chi connectivity index (χ0n) is 6.26. The van der Waals surface area contributed by atoms with Gasteiger partial charge in [-0.25, -0.2) is 4.39 Å². The molecular formula is C2H3F4KO3S. The van der Waals surface area contributed by atoms with Crippen LogP contribution in [0, 0.1) is 0 Å². The summed E-state index contributed by atoms with van der Waals surface area (Å²) in [5.41, 5.74) is -4.21. The zero-order chi connectivity index (χ0) is 8.58. The van der Waals surface area contributed by atoms with Crippen molar-refractivity contribution in [2.24, 2.45) is 0 Å². The van der Waals surface area contributed by atoms with E-state index in [1.54, 1.807) is 0 Å². The molecule has 3 nitrogen and oxygen atoms in total. The van der Waals surface area contributed by atoms with E-state index in [1.807, 2.05) is 0 Å². The average Bonchev–Trinajstić information content (AvgIpc) is 1.59. The van der Waals surface area contributed by atoms with Gasteiger partial charge in [0.2, 0.25) is 0 Å². The van der Waals surface area contributed by atoms with E-state index in [0.717, 1.165) is 0 Å². The molecule has 1 atom stereocenters. The van der Waals surface area contributed by atoms with Crippen LogP contribution in [0.15, 0.2) is 0 Å². The molecule has 0 aliphatic heterocycles. The zero-order valence-corrected chi connectivity index (χ0v) is 9.20. The standard InChI is InChI=1S/C2H2F4O3S.K.H/c3-1(2(4,5)6)10(7,8)9;;/h1H,(H,7,8,9);;/q;+1;-1. The minimum atomic E-state index is -5.65. The van der Waals surface area contributed by atoms with Crippen LogP contribution in [0.3, 0.4) is 0 Å². The van der Waals surface area contributed by atoms with Crippen molar-refractivity contribution in [2.75, 3.05) is 0 Å². The topological polar surface area (TPSA) is 54.4 Å². The van der Waals surface area contributed by atoms with Crippen LogP contribution in [0.25, 0.3) is 0 Å². The second-order valence-corrected chi connectivity index (χ2v) is 2.82. The number of hydrogen-bond acceptors (Lipinski definition) is 2. The summed E-state index contributed by atoms with van der Waals surface area (Å²) < 4.78 is 70.9. The molecule has 0 rings (SSSR count). The van der Waals surface area contributed by atoms with Crippen LogP contribution >= 0.6 is 0 Å². The Morgan fingerprint density at radius 3 is 1.64 bits per heavy atom. The summed E-state index contributed by atoms with van der Waals surface area (Å²) in [6, 6.07) is 0. The SMILES string of the molecule is O=S(=O)(O)C(F)C(F)(F)F.[H-].[K+]. The van der Waals surface area contributed by atoms with Crippen LogP contribution < -0.4 is 51.4 Å². The first-order valence-corrected chi connectivity index (χ1v) is 3.33. The summed E-state index contributed by atoms with van der Waals surface area (Å²) in [6.07, 6.45) is -5.56.